The molecule has 2 unspecified atom stereocenters. The third-order valence-electron chi connectivity index (χ3n) is 5.91. The first-order chi connectivity index (χ1) is 13.6. The van der Waals surface area contributed by atoms with Gasteiger partial charge in [0.05, 0.1) is 6.54 Å². The van der Waals surface area contributed by atoms with Crippen LogP contribution in [-0.4, -0.2) is 35.6 Å². The lowest BCUT2D eigenvalue weighted by atomic mass is 9.67. The summed E-state index contributed by atoms with van der Waals surface area (Å²) in [7, 11) is 0. The highest BCUT2D eigenvalue weighted by Gasteiger charge is 2.39. The quantitative estimate of drug-likeness (QED) is 0.733. The van der Waals surface area contributed by atoms with Crippen LogP contribution < -0.4 is 16.4 Å². The van der Waals surface area contributed by atoms with Crippen molar-refractivity contribution in [2.45, 2.75) is 44.2 Å². The minimum atomic E-state index is -0.424. The summed E-state index contributed by atoms with van der Waals surface area (Å²) in [5.74, 6) is 0.822. The molecule has 2 aliphatic carbocycles. The molecule has 7 nitrogen and oxygen atoms in total. The lowest BCUT2D eigenvalue weighted by Crippen LogP contribution is -2.55. The zero-order chi connectivity index (χ0) is 19.5. The van der Waals surface area contributed by atoms with Gasteiger partial charge in [0, 0.05) is 23.7 Å². The van der Waals surface area contributed by atoms with E-state index in [0.29, 0.717) is 17.6 Å². The van der Waals surface area contributed by atoms with Crippen LogP contribution >= 0.6 is 0 Å². The van der Waals surface area contributed by atoms with E-state index in [1.165, 1.54) is 6.42 Å². The zero-order valence-electron chi connectivity index (χ0n) is 15.8. The van der Waals surface area contributed by atoms with E-state index >= 15 is 0 Å². The van der Waals surface area contributed by atoms with Gasteiger partial charge in [-0.3, -0.25) is 9.59 Å². The monoisotopic (exact) mass is 382 g/mol. The van der Waals surface area contributed by atoms with Crippen LogP contribution in [-0.2, 0) is 4.79 Å². The maximum absolute atomic E-state index is 12.4. The number of aromatic nitrogens is 1. The van der Waals surface area contributed by atoms with Crippen molar-refractivity contribution in [3.63, 3.8) is 0 Å². The van der Waals surface area contributed by atoms with Crippen molar-refractivity contribution in [2.75, 3.05) is 6.54 Å². The molecule has 2 aromatic rings. The van der Waals surface area contributed by atoms with Crippen LogP contribution in [0.1, 0.15) is 42.6 Å². The first-order valence-electron chi connectivity index (χ1n) is 9.95. The van der Waals surface area contributed by atoms with Crippen LogP contribution in [0.15, 0.2) is 40.9 Å². The Morgan fingerprint density at radius 2 is 1.86 bits per heavy atom. The van der Waals surface area contributed by atoms with E-state index in [1.54, 1.807) is 6.07 Å². The second kappa shape index (κ2) is 8.14. The predicted molar refractivity (Wildman–Crippen MR) is 104 cm³/mol. The molecule has 28 heavy (non-hydrogen) atoms. The van der Waals surface area contributed by atoms with Gasteiger partial charge in [-0.15, -0.1) is 0 Å². The van der Waals surface area contributed by atoms with Crippen LogP contribution in [0.2, 0.25) is 0 Å². The Hall–Kier alpha value is -2.67. The molecule has 148 valence electrons. The van der Waals surface area contributed by atoms with Crippen molar-refractivity contribution < 1.29 is 14.1 Å². The molecular formula is C21H26N4O3. The molecule has 2 fully saturated rings. The van der Waals surface area contributed by atoms with Crippen molar-refractivity contribution in [3.05, 3.63) is 42.1 Å². The number of nitrogens with zero attached hydrogens (tertiary/aromatic N) is 1. The number of nitrogens with one attached hydrogen (secondary N) is 2. The Bertz CT molecular complexity index is 821. The maximum Gasteiger partial charge on any atom is 0.273 e. The molecule has 2 amide bonds. The topological polar surface area (TPSA) is 110 Å². The normalized spacial score (nSPS) is 26.5. The smallest absolute Gasteiger partial charge is 0.273 e. The molecule has 1 heterocycles. The fraction of sp³-hybridized carbons (Fsp3) is 0.476. The second-order valence-electron chi connectivity index (χ2n) is 7.90. The molecule has 4 rings (SSSR count). The maximum atomic E-state index is 12.4. The lowest BCUT2D eigenvalue weighted by Gasteiger charge is -2.45. The van der Waals surface area contributed by atoms with Gasteiger partial charge < -0.3 is 20.9 Å². The molecule has 1 aromatic heterocycles. The van der Waals surface area contributed by atoms with Gasteiger partial charge in [-0.05, 0) is 37.5 Å². The summed E-state index contributed by atoms with van der Waals surface area (Å²) >= 11 is 0. The molecule has 0 aliphatic heterocycles. The first-order valence-corrected chi connectivity index (χ1v) is 9.95. The van der Waals surface area contributed by atoms with E-state index in [2.05, 4.69) is 15.8 Å². The highest BCUT2D eigenvalue weighted by molar-refractivity contribution is 5.95. The van der Waals surface area contributed by atoms with Gasteiger partial charge in [-0.25, -0.2) is 0 Å². The summed E-state index contributed by atoms with van der Waals surface area (Å²) in [6.07, 6.45) is 5.37. The Morgan fingerprint density at radius 1 is 1.14 bits per heavy atom. The van der Waals surface area contributed by atoms with Crippen molar-refractivity contribution >= 4 is 11.8 Å². The molecule has 2 atom stereocenters. The standard InChI is InChI=1S/C21H26N4O3/c22-16-9-14-7-4-8-15(10-16)20(14)24-19(26)12-23-21(27)17-11-18(28-25-17)13-5-2-1-3-6-13/h1-3,5-6,11,14-16,20H,4,7-10,12,22H2,(H,23,27)(H,24,26). The van der Waals surface area contributed by atoms with E-state index in [9.17, 15) is 9.59 Å². The molecule has 0 radical (unpaired) electrons. The number of rotatable bonds is 5. The summed E-state index contributed by atoms with van der Waals surface area (Å²) in [6.45, 7) is -0.0750. The molecule has 2 aliphatic rings. The molecule has 2 saturated carbocycles. The van der Waals surface area contributed by atoms with Crippen LogP contribution in [0.3, 0.4) is 0 Å². The molecule has 2 bridgehead atoms. The van der Waals surface area contributed by atoms with Gasteiger partial charge >= 0.3 is 0 Å². The number of hydrogen-bond acceptors (Lipinski definition) is 5. The number of amides is 2. The minimum Gasteiger partial charge on any atom is -0.355 e. The molecule has 1 aromatic carbocycles. The summed E-state index contributed by atoms with van der Waals surface area (Å²) in [4.78, 5) is 24.7. The van der Waals surface area contributed by atoms with Gasteiger partial charge in [0.2, 0.25) is 5.91 Å². The Morgan fingerprint density at radius 3 is 2.57 bits per heavy atom. The first kappa shape index (κ1) is 18.7. The second-order valence-corrected chi connectivity index (χ2v) is 7.90. The predicted octanol–water partition coefficient (Wildman–Crippen LogP) is 2.09. The van der Waals surface area contributed by atoms with Crippen molar-refractivity contribution in [1.82, 2.24) is 15.8 Å². The third kappa shape index (κ3) is 4.09. The van der Waals surface area contributed by atoms with Gasteiger partial charge in [0.25, 0.3) is 5.91 Å². The number of fused-ring (bicyclic) bond motifs is 2. The highest BCUT2D eigenvalue weighted by atomic mass is 16.5. The van der Waals surface area contributed by atoms with E-state index < -0.39 is 5.91 Å². The third-order valence-corrected chi connectivity index (χ3v) is 5.91. The zero-order valence-corrected chi connectivity index (χ0v) is 15.8. The van der Waals surface area contributed by atoms with Crippen molar-refractivity contribution in [3.8, 4) is 11.3 Å². The number of carbonyl (C=O) groups is 2. The largest absolute Gasteiger partial charge is 0.355 e. The van der Waals surface area contributed by atoms with Crippen LogP contribution in [0.25, 0.3) is 11.3 Å². The average molecular weight is 382 g/mol. The summed E-state index contributed by atoms with van der Waals surface area (Å²) in [6, 6.07) is 11.4. The average Bonchev–Trinajstić information content (AvgIpc) is 3.18. The lowest BCUT2D eigenvalue weighted by molar-refractivity contribution is -0.122. The Balaban J connectivity index is 1.30. The van der Waals surface area contributed by atoms with Crippen LogP contribution in [0.5, 0.6) is 0 Å². The van der Waals surface area contributed by atoms with E-state index in [1.807, 2.05) is 30.3 Å². The van der Waals surface area contributed by atoms with Gasteiger partial charge in [-0.1, -0.05) is 41.9 Å². The molecule has 0 saturated heterocycles. The highest BCUT2D eigenvalue weighted by Crippen LogP contribution is 2.39. The molecule has 7 heteroatoms. The van der Waals surface area contributed by atoms with Crippen molar-refractivity contribution in [2.24, 2.45) is 17.6 Å². The van der Waals surface area contributed by atoms with Crippen molar-refractivity contribution in [1.29, 1.82) is 0 Å². The minimum absolute atomic E-state index is 0.0750. The van der Waals surface area contributed by atoms with E-state index in [0.717, 1.165) is 31.2 Å². The summed E-state index contributed by atoms with van der Waals surface area (Å²) in [5.41, 5.74) is 7.14. The van der Waals surface area contributed by atoms with Gasteiger partial charge in [0.1, 0.15) is 0 Å². The van der Waals surface area contributed by atoms with Gasteiger partial charge in [-0.2, -0.15) is 0 Å². The van der Waals surface area contributed by atoms with E-state index in [4.69, 9.17) is 10.3 Å². The molecule has 0 spiro atoms. The fourth-order valence-electron chi connectivity index (χ4n) is 4.63. The number of nitrogens with two attached hydrogens (primary N) is 1. The molecular weight excluding hydrogens is 356 g/mol. The van der Waals surface area contributed by atoms with Crippen LogP contribution in [0.4, 0.5) is 0 Å². The SMILES string of the molecule is NC1CC2CCCC(C1)C2NC(=O)CNC(=O)c1cc(-c2ccccc2)on1. The number of benzene rings is 1. The van der Waals surface area contributed by atoms with Crippen LogP contribution in [0, 0.1) is 11.8 Å². The number of carbonyl (C=O) groups excluding carboxylic acids is 2. The Labute approximate surface area is 164 Å². The van der Waals surface area contributed by atoms with E-state index in [-0.39, 0.29) is 30.2 Å². The summed E-state index contributed by atoms with van der Waals surface area (Å²) < 4.78 is 5.24. The fourth-order valence-corrected chi connectivity index (χ4v) is 4.63. The summed E-state index contributed by atoms with van der Waals surface area (Å²) in [5, 5.41) is 9.56. The van der Waals surface area contributed by atoms with Gasteiger partial charge in [0.15, 0.2) is 11.5 Å². The molecule has 4 N–H and O–H groups in total. The number of hydrogen-bond donors (Lipinski definition) is 3. The Kier molecular flexibility index (Phi) is 5.43.